The number of amides is 3. The largest absolute Gasteiger partial charge is 0.352 e. The van der Waals surface area contributed by atoms with Gasteiger partial charge in [0.25, 0.3) is 0 Å². The molecule has 1 saturated carbocycles. The molecule has 1 aliphatic heterocycles. The van der Waals surface area contributed by atoms with Gasteiger partial charge in [-0.1, -0.05) is 19.1 Å². The fourth-order valence-corrected chi connectivity index (χ4v) is 3.69. The van der Waals surface area contributed by atoms with Crippen LogP contribution in [0.15, 0.2) is 12.2 Å². The average molecular weight is 276 g/mol. The molecule has 3 rings (SSSR count). The fourth-order valence-electron chi connectivity index (χ4n) is 3.69. The molecule has 5 nitrogen and oxygen atoms in total. The third-order valence-corrected chi connectivity index (χ3v) is 4.88. The standard InChI is InChI=1S/C15H20N2O3/c1-3-8(2)16-11(18)7-17-14(19)12-9-4-5-10(6-9)13(12)15(17)20/h4-5,8-10,12-13H,3,6-7H2,1-2H3,(H,16,18)/t8-,9-,10+,12-,13+/m0/s1. The summed E-state index contributed by atoms with van der Waals surface area (Å²) in [6, 6.07) is 0.0626. The molecule has 0 radical (unpaired) electrons. The van der Waals surface area contributed by atoms with E-state index in [-0.39, 0.29) is 54.0 Å². The van der Waals surface area contributed by atoms with Crippen LogP contribution in [0.4, 0.5) is 0 Å². The SMILES string of the molecule is CC[C@H](C)NC(=O)CN1C(=O)[C@@H]2[C@H](C1=O)[C@@H]1C=C[C@H]2C1. The second kappa shape index (κ2) is 4.72. The van der Waals surface area contributed by atoms with Gasteiger partial charge in [0.05, 0.1) is 11.8 Å². The summed E-state index contributed by atoms with van der Waals surface area (Å²) in [5.74, 6) is -0.593. The van der Waals surface area contributed by atoms with Gasteiger partial charge in [-0.15, -0.1) is 0 Å². The molecular weight excluding hydrogens is 256 g/mol. The molecule has 0 aromatic rings. The maximum atomic E-state index is 12.4. The summed E-state index contributed by atoms with van der Waals surface area (Å²) in [6.45, 7) is 3.75. The van der Waals surface area contributed by atoms with Crippen molar-refractivity contribution in [1.29, 1.82) is 0 Å². The van der Waals surface area contributed by atoms with Gasteiger partial charge in [0, 0.05) is 6.04 Å². The molecule has 108 valence electrons. The Morgan fingerprint density at radius 3 is 2.35 bits per heavy atom. The number of carbonyl (C=O) groups is 3. The van der Waals surface area contributed by atoms with Crippen LogP contribution in [0.25, 0.3) is 0 Å². The fraction of sp³-hybridized carbons (Fsp3) is 0.667. The summed E-state index contributed by atoms with van der Waals surface area (Å²) >= 11 is 0. The lowest BCUT2D eigenvalue weighted by Crippen LogP contribution is -2.44. The lowest BCUT2D eigenvalue weighted by atomic mass is 9.85. The molecule has 1 heterocycles. The molecule has 0 unspecified atom stereocenters. The van der Waals surface area contributed by atoms with Gasteiger partial charge < -0.3 is 5.32 Å². The van der Waals surface area contributed by atoms with Gasteiger partial charge in [0.1, 0.15) is 6.54 Å². The highest BCUT2D eigenvalue weighted by atomic mass is 16.2. The highest BCUT2D eigenvalue weighted by Gasteiger charge is 2.59. The Balaban J connectivity index is 1.69. The first-order valence-corrected chi connectivity index (χ1v) is 7.35. The number of allylic oxidation sites excluding steroid dienone is 2. The monoisotopic (exact) mass is 276 g/mol. The van der Waals surface area contributed by atoms with Gasteiger partial charge in [-0.25, -0.2) is 0 Å². The molecule has 2 aliphatic carbocycles. The van der Waals surface area contributed by atoms with E-state index in [1.807, 2.05) is 13.8 Å². The molecular formula is C15H20N2O3. The van der Waals surface area contributed by atoms with Crippen LogP contribution in [0.1, 0.15) is 26.7 Å². The Labute approximate surface area is 118 Å². The Kier molecular flexibility index (Phi) is 3.15. The Morgan fingerprint density at radius 2 is 1.85 bits per heavy atom. The molecule has 5 atom stereocenters. The van der Waals surface area contributed by atoms with E-state index >= 15 is 0 Å². The first kappa shape index (κ1) is 13.3. The van der Waals surface area contributed by atoms with Crippen molar-refractivity contribution in [3.05, 3.63) is 12.2 Å². The second-order valence-electron chi connectivity index (χ2n) is 6.14. The number of carbonyl (C=O) groups excluding carboxylic acids is 3. The van der Waals surface area contributed by atoms with Crippen molar-refractivity contribution in [1.82, 2.24) is 10.2 Å². The van der Waals surface area contributed by atoms with Crippen molar-refractivity contribution in [2.75, 3.05) is 6.54 Å². The van der Waals surface area contributed by atoms with Crippen molar-refractivity contribution in [3.63, 3.8) is 0 Å². The lowest BCUT2D eigenvalue weighted by molar-refractivity contribution is -0.144. The van der Waals surface area contributed by atoms with Gasteiger partial charge in [-0.2, -0.15) is 0 Å². The number of hydrogen-bond donors (Lipinski definition) is 1. The first-order valence-electron chi connectivity index (χ1n) is 7.35. The topological polar surface area (TPSA) is 66.5 Å². The molecule has 20 heavy (non-hydrogen) atoms. The van der Waals surface area contributed by atoms with Crippen LogP contribution in [-0.2, 0) is 14.4 Å². The number of rotatable bonds is 4. The summed E-state index contributed by atoms with van der Waals surface area (Å²) in [7, 11) is 0. The molecule has 1 saturated heterocycles. The highest BCUT2D eigenvalue weighted by molar-refractivity contribution is 6.08. The van der Waals surface area contributed by atoms with Crippen LogP contribution in [0.3, 0.4) is 0 Å². The molecule has 0 aromatic heterocycles. The van der Waals surface area contributed by atoms with Gasteiger partial charge in [-0.3, -0.25) is 19.3 Å². The van der Waals surface area contributed by atoms with Crippen molar-refractivity contribution < 1.29 is 14.4 Å². The van der Waals surface area contributed by atoms with E-state index in [0.717, 1.165) is 12.8 Å². The van der Waals surface area contributed by atoms with Crippen LogP contribution in [0, 0.1) is 23.7 Å². The second-order valence-corrected chi connectivity index (χ2v) is 6.14. The average Bonchev–Trinajstić information content (AvgIpc) is 3.08. The van der Waals surface area contributed by atoms with Crippen molar-refractivity contribution in [3.8, 4) is 0 Å². The van der Waals surface area contributed by atoms with Gasteiger partial charge in [0.2, 0.25) is 17.7 Å². The summed E-state index contributed by atoms with van der Waals surface area (Å²) in [5.41, 5.74) is 0. The third-order valence-electron chi connectivity index (χ3n) is 4.88. The summed E-state index contributed by atoms with van der Waals surface area (Å²) in [6.07, 6.45) is 5.85. The zero-order valence-electron chi connectivity index (χ0n) is 11.8. The van der Waals surface area contributed by atoms with Crippen molar-refractivity contribution >= 4 is 17.7 Å². The Hall–Kier alpha value is -1.65. The van der Waals surface area contributed by atoms with E-state index in [2.05, 4.69) is 17.5 Å². The molecule has 2 fully saturated rings. The summed E-state index contributed by atoms with van der Waals surface area (Å²) in [5, 5.41) is 2.80. The van der Waals surface area contributed by atoms with E-state index in [9.17, 15) is 14.4 Å². The minimum Gasteiger partial charge on any atom is -0.352 e. The van der Waals surface area contributed by atoms with Gasteiger partial charge in [0.15, 0.2) is 0 Å². The normalized spacial score (nSPS) is 35.6. The molecule has 0 aromatic carbocycles. The van der Waals surface area contributed by atoms with Crippen molar-refractivity contribution in [2.45, 2.75) is 32.7 Å². The minimum absolute atomic E-state index is 0.0626. The third kappa shape index (κ3) is 1.87. The maximum Gasteiger partial charge on any atom is 0.240 e. The van der Waals surface area contributed by atoms with Crippen LogP contribution in [0.2, 0.25) is 0 Å². The number of imide groups is 1. The van der Waals surface area contributed by atoms with Crippen LogP contribution < -0.4 is 5.32 Å². The molecule has 3 aliphatic rings. The smallest absolute Gasteiger partial charge is 0.240 e. The number of hydrogen-bond acceptors (Lipinski definition) is 3. The summed E-state index contributed by atoms with van der Waals surface area (Å²) in [4.78, 5) is 37.8. The van der Waals surface area contributed by atoms with Gasteiger partial charge in [-0.05, 0) is 31.6 Å². The Bertz CT molecular complexity index is 469. The number of fused-ring (bicyclic) bond motifs is 5. The van der Waals surface area contributed by atoms with Crippen LogP contribution in [-0.4, -0.2) is 35.2 Å². The van der Waals surface area contributed by atoms with E-state index in [1.54, 1.807) is 0 Å². The lowest BCUT2D eigenvalue weighted by Gasteiger charge is -2.18. The van der Waals surface area contributed by atoms with Crippen LogP contribution >= 0.6 is 0 Å². The first-order chi connectivity index (χ1) is 9.52. The zero-order valence-corrected chi connectivity index (χ0v) is 11.8. The van der Waals surface area contributed by atoms with E-state index in [1.165, 1.54) is 4.90 Å². The predicted octanol–water partition coefficient (Wildman–Crippen LogP) is 0.708. The molecule has 0 spiro atoms. The quantitative estimate of drug-likeness (QED) is 0.607. The van der Waals surface area contributed by atoms with Crippen LogP contribution in [0.5, 0.6) is 0 Å². The molecule has 2 bridgehead atoms. The van der Waals surface area contributed by atoms with E-state index in [4.69, 9.17) is 0 Å². The number of likely N-dealkylation sites (tertiary alicyclic amines) is 1. The van der Waals surface area contributed by atoms with E-state index in [0.29, 0.717) is 0 Å². The Morgan fingerprint density at radius 1 is 1.30 bits per heavy atom. The number of nitrogens with zero attached hydrogens (tertiary/aromatic N) is 1. The minimum atomic E-state index is -0.249. The van der Waals surface area contributed by atoms with Crippen molar-refractivity contribution in [2.24, 2.45) is 23.7 Å². The number of nitrogens with one attached hydrogen (secondary N) is 1. The van der Waals surface area contributed by atoms with Gasteiger partial charge >= 0.3 is 0 Å². The van der Waals surface area contributed by atoms with E-state index < -0.39 is 0 Å². The zero-order chi connectivity index (χ0) is 14.4. The summed E-state index contributed by atoms with van der Waals surface area (Å²) < 4.78 is 0. The highest BCUT2D eigenvalue weighted by Crippen LogP contribution is 2.52. The molecule has 3 amide bonds. The predicted molar refractivity (Wildman–Crippen MR) is 72.3 cm³/mol. The molecule has 1 N–H and O–H groups in total. The maximum absolute atomic E-state index is 12.4. The molecule has 5 heteroatoms.